The van der Waals surface area contributed by atoms with Crippen LogP contribution in [0.5, 0.6) is 0 Å². The Morgan fingerprint density at radius 1 is 0.391 bits per heavy atom. The number of allylic oxidation sites excluding steroid dienone is 9. The molecule has 0 saturated carbocycles. The lowest BCUT2D eigenvalue weighted by atomic mass is 9.96. The molecule has 0 aromatic carbocycles. The lowest BCUT2D eigenvalue weighted by Gasteiger charge is -2.48. The van der Waals surface area contributed by atoms with Crippen LogP contribution in [-0.4, -0.2) is 193 Å². The van der Waals surface area contributed by atoms with E-state index in [4.69, 9.17) is 28.4 Å². The molecule has 0 radical (unpaired) electrons. The zero-order chi connectivity index (χ0) is 66.8. The summed E-state index contributed by atoms with van der Waals surface area (Å²) in [7, 11) is 0. The monoisotopic (exact) mass is 1310 g/mol. The molecule has 17 unspecified atom stereocenters. The van der Waals surface area contributed by atoms with Gasteiger partial charge in [-0.2, -0.15) is 0 Å². The Morgan fingerprint density at radius 3 is 1.18 bits per heavy atom. The molecule has 3 aliphatic heterocycles. The van der Waals surface area contributed by atoms with Crippen LogP contribution in [0.25, 0.3) is 0 Å². The van der Waals surface area contributed by atoms with E-state index in [0.717, 1.165) is 77.0 Å². The van der Waals surface area contributed by atoms with Crippen molar-refractivity contribution in [3.8, 4) is 0 Å². The smallest absolute Gasteiger partial charge is 0.220 e. The van der Waals surface area contributed by atoms with Gasteiger partial charge in [-0.3, -0.25) is 4.79 Å². The van der Waals surface area contributed by atoms with Crippen molar-refractivity contribution in [2.45, 2.75) is 369 Å². The summed E-state index contributed by atoms with van der Waals surface area (Å²) in [5.74, 6) is -0.298. The van der Waals surface area contributed by atoms with Crippen molar-refractivity contribution in [1.82, 2.24) is 5.32 Å². The number of carbonyl (C=O) groups excluding carboxylic acids is 1. The second-order valence-electron chi connectivity index (χ2n) is 26.0. The van der Waals surface area contributed by atoms with Crippen LogP contribution >= 0.6 is 0 Å². The van der Waals surface area contributed by atoms with Crippen LogP contribution in [0.3, 0.4) is 0 Å². The van der Waals surface area contributed by atoms with Crippen LogP contribution in [0.2, 0.25) is 0 Å². The number of carbonyl (C=O) groups is 1. The fraction of sp³-hybridized carbons (Fsp3) is 0.849. The van der Waals surface area contributed by atoms with Gasteiger partial charge in [-0.1, -0.05) is 248 Å². The van der Waals surface area contributed by atoms with Crippen molar-refractivity contribution in [3.05, 3.63) is 60.8 Å². The van der Waals surface area contributed by atoms with Crippen molar-refractivity contribution in [1.29, 1.82) is 0 Å². The number of nitrogens with one attached hydrogen (secondary N) is 1. The number of hydrogen-bond donors (Lipinski definition) is 12. The van der Waals surface area contributed by atoms with Crippen LogP contribution in [0, 0.1) is 0 Å². The molecular weight excluding hydrogens is 1180 g/mol. The molecule has 3 heterocycles. The maximum atomic E-state index is 13.4. The maximum Gasteiger partial charge on any atom is 0.220 e. The Labute approximate surface area is 554 Å². The predicted octanol–water partition coefficient (Wildman–Crippen LogP) is 10.3. The third kappa shape index (κ3) is 35.7. The molecule has 3 aliphatic rings. The Kier molecular flexibility index (Phi) is 49.6. The topological polar surface area (TPSA) is 307 Å². The normalized spacial score (nSPS) is 28.0. The molecule has 536 valence electrons. The van der Waals surface area contributed by atoms with E-state index in [1.54, 1.807) is 6.08 Å². The molecule has 1 amide bonds. The molecular formula is C73H131NO18. The van der Waals surface area contributed by atoms with Crippen molar-refractivity contribution in [2.24, 2.45) is 0 Å². The minimum Gasteiger partial charge on any atom is -0.394 e. The van der Waals surface area contributed by atoms with Crippen molar-refractivity contribution in [3.63, 3.8) is 0 Å². The summed E-state index contributed by atoms with van der Waals surface area (Å²) in [4.78, 5) is 13.4. The number of aliphatic hydroxyl groups excluding tert-OH is 11. The van der Waals surface area contributed by atoms with E-state index in [1.807, 2.05) is 6.08 Å². The van der Waals surface area contributed by atoms with Gasteiger partial charge >= 0.3 is 0 Å². The number of aliphatic hydroxyl groups is 11. The zero-order valence-electron chi connectivity index (χ0n) is 56.8. The average Bonchev–Trinajstić information content (AvgIpc) is 0.855. The maximum absolute atomic E-state index is 13.4. The first-order valence-electron chi connectivity index (χ1n) is 36.5. The summed E-state index contributed by atoms with van der Waals surface area (Å²) in [5, 5.41) is 121. The molecule has 17 atom stereocenters. The Hall–Kier alpha value is -2.51. The minimum absolute atomic E-state index is 0.219. The van der Waals surface area contributed by atoms with E-state index in [-0.39, 0.29) is 18.9 Å². The quantitative estimate of drug-likeness (QED) is 0.0199. The van der Waals surface area contributed by atoms with E-state index in [2.05, 4.69) is 67.8 Å². The number of ether oxygens (including phenoxy) is 6. The second-order valence-corrected chi connectivity index (χ2v) is 26.0. The first-order chi connectivity index (χ1) is 44.8. The largest absolute Gasteiger partial charge is 0.394 e. The highest BCUT2D eigenvalue weighted by molar-refractivity contribution is 5.76. The van der Waals surface area contributed by atoms with Gasteiger partial charge in [0.15, 0.2) is 18.9 Å². The highest BCUT2D eigenvalue weighted by Crippen LogP contribution is 2.33. The minimum atomic E-state index is -1.98. The van der Waals surface area contributed by atoms with Gasteiger partial charge in [0.25, 0.3) is 0 Å². The molecule has 0 aliphatic carbocycles. The second kappa shape index (κ2) is 54.5. The van der Waals surface area contributed by atoms with Crippen molar-refractivity contribution in [2.75, 3.05) is 26.4 Å². The lowest BCUT2D eigenvalue weighted by molar-refractivity contribution is -0.379. The van der Waals surface area contributed by atoms with Gasteiger partial charge < -0.3 is 89.9 Å². The number of rotatable bonds is 56. The third-order valence-electron chi connectivity index (χ3n) is 18.0. The molecule has 0 bridgehead atoms. The molecule has 0 spiro atoms. The molecule has 92 heavy (non-hydrogen) atoms. The SMILES string of the molecule is CCCCC/C=C\C/C=C\C/C=C\CCCCCCCCC(=O)NC(COC1OC(CO)C(OC2OC(CO)C(OC3OC(CO)C(O)C(O)C3O)C(O)C2O)C(O)C1O)C(O)/C=C/CC/C=C/CCCCCCCCCCCCCCCCCCCCCCCC. The van der Waals surface area contributed by atoms with Gasteiger partial charge in [-0.15, -0.1) is 0 Å². The van der Waals surface area contributed by atoms with E-state index in [9.17, 15) is 61.0 Å². The first kappa shape index (κ1) is 83.7. The standard InChI is InChI=1S/C73H131NO18/c1-3-5-7-9-11-13-15-17-19-21-23-24-25-26-27-28-29-30-31-33-34-36-38-40-42-44-46-48-50-57(78)56(74-61(79)51-49-47-45-43-41-39-37-35-32-22-20-18-16-14-12-10-8-6-4-2)55-87-71-67(85)64(82)69(59(53-76)89-71)92-73-68(86)65(83)70(60(54-77)90-73)91-72-66(84)63(81)62(80)58(52-75)88-72/h12,14,18,20,32,35,40,42,48,50,56-60,62-73,75-78,80-86H,3-11,13,15-17,19,21-31,33-34,36-39,41,43-47,49,51-55H2,1-2H3,(H,74,79)/b14-12-,20-18-,35-32-,42-40+,50-48+. The molecule has 19 nitrogen and oxygen atoms in total. The van der Waals surface area contributed by atoms with Crippen LogP contribution in [0.4, 0.5) is 0 Å². The number of amides is 1. The predicted molar refractivity (Wildman–Crippen MR) is 360 cm³/mol. The van der Waals surface area contributed by atoms with Crippen LogP contribution in [0.15, 0.2) is 60.8 Å². The van der Waals surface area contributed by atoms with Gasteiger partial charge in [-0.05, 0) is 70.6 Å². The fourth-order valence-electron chi connectivity index (χ4n) is 12.1. The molecule has 12 N–H and O–H groups in total. The lowest BCUT2D eigenvalue weighted by Crippen LogP contribution is -2.66. The highest BCUT2D eigenvalue weighted by atomic mass is 16.8. The summed E-state index contributed by atoms with van der Waals surface area (Å²) in [6.07, 6.45) is 40.6. The van der Waals surface area contributed by atoms with Gasteiger partial charge in [0, 0.05) is 6.42 Å². The molecule has 3 fully saturated rings. The third-order valence-corrected chi connectivity index (χ3v) is 18.0. The van der Waals surface area contributed by atoms with Crippen LogP contribution in [0.1, 0.15) is 264 Å². The average molecular weight is 1310 g/mol. The van der Waals surface area contributed by atoms with Crippen LogP contribution in [-0.2, 0) is 33.2 Å². The first-order valence-corrected chi connectivity index (χ1v) is 36.5. The van der Waals surface area contributed by atoms with Crippen LogP contribution < -0.4 is 5.32 Å². The fourth-order valence-corrected chi connectivity index (χ4v) is 12.1. The summed E-state index contributed by atoms with van der Waals surface area (Å²) < 4.78 is 34.3. The Bertz CT molecular complexity index is 1900. The summed E-state index contributed by atoms with van der Waals surface area (Å²) >= 11 is 0. The van der Waals surface area contributed by atoms with Gasteiger partial charge in [-0.25, -0.2) is 0 Å². The summed E-state index contributed by atoms with van der Waals surface area (Å²) in [5.41, 5.74) is 0. The highest BCUT2D eigenvalue weighted by Gasteiger charge is 2.53. The summed E-state index contributed by atoms with van der Waals surface area (Å²) in [6.45, 7) is 1.69. The zero-order valence-corrected chi connectivity index (χ0v) is 56.8. The van der Waals surface area contributed by atoms with Gasteiger partial charge in [0.1, 0.15) is 73.2 Å². The molecule has 3 saturated heterocycles. The molecule has 3 rings (SSSR count). The van der Waals surface area contributed by atoms with E-state index >= 15 is 0 Å². The van der Waals surface area contributed by atoms with Gasteiger partial charge in [0.2, 0.25) is 5.91 Å². The summed E-state index contributed by atoms with van der Waals surface area (Å²) in [6, 6.07) is -1.00. The van der Waals surface area contributed by atoms with E-state index in [1.165, 1.54) is 154 Å². The number of unbranched alkanes of at least 4 members (excludes halogenated alkanes) is 32. The number of hydrogen-bond acceptors (Lipinski definition) is 18. The van der Waals surface area contributed by atoms with E-state index < -0.39 is 124 Å². The molecule has 19 heteroatoms. The van der Waals surface area contributed by atoms with E-state index in [0.29, 0.717) is 12.8 Å². The Balaban J connectivity index is 1.43. The molecule has 0 aromatic rings. The molecule has 0 aromatic heterocycles. The van der Waals surface area contributed by atoms with Crippen molar-refractivity contribution >= 4 is 5.91 Å². The van der Waals surface area contributed by atoms with Crippen molar-refractivity contribution < 1.29 is 89.4 Å². The van der Waals surface area contributed by atoms with Gasteiger partial charge in [0.05, 0.1) is 38.6 Å². The Morgan fingerprint density at radius 2 is 0.728 bits per heavy atom.